The van der Waals surface area contributed by atoms with Crippen LogP contribution in [0.25, 0.3) is 0 Å². The van der Waals surface area contributed by atoms with E-state index in [1.54, 1.807) is 12.4 Å². The van der Waals surface area contributed by atoms with Crippen LogP contribution in [0.1, 0.15) is 32.3 Å². The lowest BCUT2D eigenvalue weighted by Crippen LogP contribution is -2.40. The summed E-state index contributed by atoms with van der Waals surface area (Å²) < 4.78 is 0. The van der Waals surface area contributed by atoms with Crippen molar-refractivity contribution in [2.45, 2.75) is 33.2 Å². The maximum atomic E-state index is 11.6. The number of amides is 2. The zero-order chi connectivity index (χ0) is 14.1. The number of carbonyl (C=O) groups is 1. The molecular formula is C14H23N3O2. The molecule has 5 nitrogen and oxygen atoms in total. The summed E-state index contributed by atoms with van der Waals surface area (Å²) in [5.41, 5.74) is 0.964. The largest absolute Gasteiger partial charge is 0.396 e. The third-order valence-electron chi connectivity index (χ3n) is 2.92. The molecule has 3 N–H and O–H groups in total. The molecule has 0 saturated heterocycles. The van der Waals surface area contributed by atoms with Crippen molar-refractivity contribution in [1.29, 1.82) is 0 Å². The Hall–Kier alpha value is -1.62. The number of aliphatic hydroxyl groups is 1. The van der Waals surface area contributed by atoms with E-state index in [2.05, 4.69) is 29.5 Å². The van der Waals surface area contributed by atoms with E-state index in [4.69, 9.17) is 5.11 Å². The molecule has 0 aliphatic heterocycles. The van der Waals surface area contributed by atoms with Gasteiger partial charge in [-0.05, 0) is 29.9 Å². The third kappa shape index (κ3) is 6.76. The van der Waals surface area contributed by atoms with Crippen molar-refractivity contribution in [1.82, 2.24) is 15.6 Å². The molecule has 1 aromatic heterocycles. The molecule has 0 aliphatic carbocycles. The number of carbonyl (C=O) groups excluding carboxylic acids is 1. The first-order valence-electron chi connectivity index (χ1n) is 6.55. The number of hydrogen-bond acceptors (Lipinski definition) is 3. The molecule has 0 saturated carbocycles. The number of pyridine rings is 1. The number of rotatable bonds is 7. The molecule has 19 heavy (non-hydrogen) atoms. The van der Waals surface area contributed by atoms with Gasteiger partial charge in [0.25, 0.3) is 0 Å². The van der Waals surface area contributed by atoms with E-state index in [1.807, 2.05) is 12.1 Å². The van der Waals surface area contributed by atoms with E-state index >= 15 is 0 Å². The van der Waals surface area contributed by atoms with Crippen molar-refractivity contribution >= 4 is 6.03 Å². The van der Waals surface area contributed by atoms with Crippen LogP contribution in [-0.4, -0.2) is 29.3 Å². The Bertz CT molecular complexity index is 380. The van der Waals surface area contributed by atoms with Crippen LogP contribution in [0.4, 0.5) is 4.79 Å². The predicted octanol–water partition coefficient (Wildman–Crippen LogP) is 1.68. The van der Waals surface area contributed by atoms with Crippen LogP contribution in [0.15, 0.2) is 24.5 Å². The first kappa shape index (κ1) is 15.4. The Morgan fingerprint density at radius 2 is 2.21 bits per heavy atom. The quantitative estimate of drug-likeness (QED) is 0.702. The lowest BCUT2D eigenvalue weighted by molar-refractivity contribution is 0.221. The average Bonchev–Trinajstić information content (AvgIpc) is 2.42. The van der Waals surface area contributed by atoms with E-state index in [1.165, 1.54) is 0 Å². The molecule has 0 unspecified atom stereocenters. The van der Waals surface area contributed by atoms with Gasteiger partial charge in [-0.3, -0.25) is 4.98 Å². The molecule has 1 heterocycles. The van der Waals surface area contributed by atoms with E-state index < -0.39 is 0 Å². The van der Waals surface area contributed by atoms with Crippen LogP contribution in [0, 0.1) is 5.41 Å². The zero-order valence-corrected chi connectivity index (χ0v) is 11.6. The minimum Gasteiger partial charge on any atom is -0.396 e. The Morgan fingerprint density at radius 1 is 1.42 bits per heavy atom. The molecule has 0 atom stereocenters. The van der Waals surface area contributed by atoms with Gasteiger partial charge in [0.15, 0.2) is 0 Å². The van der Waals surface area contributed by atoms with E-state index in [0.717, 1.165) is 18.4 Å². The molecule has 0 aromatic carbocycles. The van der Waals surface area contributed by atoms with Gasteiger partial charge in [0.1, 0.15) is 0 Å². The van der Waals surface area contributed by atoms with Crippen molar-refractivity contribution in [3.63, 3.8) is 0 Å². The van der Waals surface area contributed by atoms with Gasteiger partial charge < -0.3 is 15.7 Å². The van der Waals surface area contributed by atoms with Crippen LogP contribution >= 0.6 is 0 Å². The second kappa shape index (κ2) is 7.74. The SMILES string of the molecule is CC(C)(CCCO)CNC(=O)NCc1cccnc1. The molecule has 5 heteroatoms. The summed E-state index contributed by atoms with van der Waals surface area (Å²) in [5.74, 6) is 0. The number of nitrogens with zero attached hydrogens (tertiary/aromatic N) is 1. The Kier molecular flexibility index (Phi) is 6.29. The highest BCUT2D eigenvalue weighted by Gasteiger charge is 2.18. The van der Waals surface area contributed by atoms with Crippen molar-refractivity contribution in [2.75, 3.05) is 13.2 Å². The molecular weight excluding hydrogens is 242 g/mol. The molecule has 1 rings (SSSR count). The summed E-state index contributed by atoms with van der Waals surface area (Å²) in [5, 5.41) is 14.4. The van der Waals surface area contributed by atoms with E-state index in [-0.39, 0.29) is 18.1 Å². The lowest BCUT2D eigenvalue weighted by atomic mass is 9.88. The minimum atomic E-state index is -0.180. The van der Waals surface area contributed by atoms with Crippen LogP contribution in [0.3, 0.4) is 0 Å². The standard InChI is InChI=1S/C14H23N3O2/c1-14(2,6-4-8-18)11-17-13(19)16-10-12-5-3-7-15-9-12/h3,5,7,9,18H,4,6,8,10-11H2,1-2H3,(H2,16,17,19). The molecule has 0 fully saturated rings. The maximum Gasteiger partial charge on any atom is 0.315 e. The lowest BCUT2D eigenvalue weighted by Gasteiger charge is -2.24. The fraction of sp³-hybridized carbons (Fsp3) is 0.571. The molecule has 0 aliphatic rings. The third-order valence-corrected chi connectivity index (χ3v) is 2.92. The highest BCUT2D eigenvalue weighted by Crippen LogP contribution is 2.20. The van der Waals surface area contributed by atoms with Gasteiger partial charge in [-0.25, -0.2) is 4.79 Å². The van der Waals surface area contributed by atoms with Gasteiger partial charge in [-0.1, -0.05) is 19.9 Å². The summed E-state index contributed by atoms with van der Waals surface area (Å²) >= 11 is 0. The minimum absolute atomic E-state index is 0.00558. The van der Waals surface area contributed by atoms with Crippen LogP contribution < -0.4 is 10.6 Å². The topological polar surface area (TPSA) is 74.2 Å². The second-order valence-corrected chi connectivity index (χ2v) is 5.39. The Morgan fingerprint density at radius 3 is 2.84 bits per heavy atom. The average molecular weight is 265 g/mol. The van der Waals surface area contributed by atoms with Crippen LogP contribution in [0.5, 0.6) is 0 Å². The van der Waals surface area contributed by atoms with Crippen molar-refractivity contribution in [3.05, 3.63) is 30.1 Å². The summed E-state index contributed by atoms with van der Waals surface area (Å²) in [7, 11) is 0. The molecule has 0 radical (unpaired) electrons. The Labute approximate surface area is 114 Å². The highest BCUT2D eigenvalue weighted by atomic mass is 16.2. The normalized spacial score (nSPS) is 11.1. The summed E-state index contributed by atoms with van der Waals surface area (Å²) in [4.78, 5) is 15.6. The second-order valence-electron chi connectivity index (χ2n) is 5.39. The van der Waals surface area contributed by atoms with Crippen molar-refractivity contribution in [2.24, 2.45) is 5.41 Å². The molecule has 0 spiro atoms. The number of aliphatic hydroxyl groups excluding tert-OH is 1. The number of urea groups is 1. The monoisotopic (exact) mass is 265 g/mol. The number of hydrogen-bond donors (Lipinski definition) is 3. The van der Waals surface area contributed by atoms with Gasteiger partial charge in [0.2, 0.25) is 0 Å². The predicted molar refractivity (Wildman–Crippen MR) is 74.6 cm³/mol. The fourth-order valence-corrected chi connectivity index (χ4v) is 1.71. The van der Waals surface area contributed by atoms with Gasteiger partial charge >= 0.3 is 6.03 Å². The number of nitrogens with one attached hydrogen (secondary N) is 2. The van der Waals surface area contributed by atoms with Crippen molar-refractivity contribution in [3.8, 4) is 0 Å². The van der Waals surface area contributed by atoms with Gasteiger partial charge in [0.05, 0.1) is 0 Å². The highest BCUT2D eigenvalue weighted by molar-refractivity contribution is 5.73. The van der Waals surface area contributed by atoms with Gasteiger partial charge in [0, 0.05) is 32.1 Å². The van der Waals surface area contributed by atoms with Gasteiger partial charge in [-0.2, -0.15) is 0 Å². The molecule has 0 bridgehead atoms. The molecule has 106 valence electrons. The number of aromatic nitrogens is 1. The molecule has 2 amide bonds. The zero-order valence-electron chi connectivity index (χ0n) is 11.6. The first-order chi connectivity index (χ1) is 9.03. The van der Waals surface area contributed by atoms with Crippen LogP contribution in [-0.2, 0) is 6.54 Å². The van der Waals surface area contributed by atoms with Crippen molar-refractivity contribution < 1.29 is 9.90 Å². The fourth-order valence-electron chi connectivity index (χ4n) is 1.71. The first-order valence-corrected chi connectivity index (χ1v) is 6.55. The Balaban J connectivity index is 2.24. The summed E-state index contributed by atoms with van der Waals surface area (Å²) in [6.07, 6.45) is 5.07. The van der Waals surface area contributed by atoms with Crippen LogP contribution in [0.2, 0.25) is 0 Å². The van der Waals surface area contributed by atoms with E-state index in [0.29, 0.717) is 13.1 Å². The summed E-state index contributed by atoms with van der Waals surface area (Å²) in [6.45, 7) is 5.40. The van der Waals surface area contributed by atoms with Gasteiger partial charge in [-0.15, -0.1) is 0 Å². The van der Waals surface area contributed by atoms with E-state index in [9.17, 15) is 4.79 Å². The summed E-state index contributed by atoms with van der Waals surface area (Å²) in [6, 6.07) is 3.58. The smallest absolute Gasteiger partial charge is 0.315 e. The molecule has 1 aromatic rings. The maximum absolute atomic E-state index is 11.6.